The van der Waals surface area contributed by atoms with Crippen LogP contribution in [0.2, 0.25) is 0 Å². The van der Waals surface area contributed by atoms with Crippen LogP contribution in [0.15, 0.2) is 0 Å². The molecule has 0 aromatic carbocycles. The topological polar surface area (TPSA) is 40.2 Å². The first-order valence-electron chi connectivity index (χ1n) is 12.7. The van der Waals surface area contributed by atoms with Crippen LogP contribution in [0.5, 0.6) is 0 Å². The molecular weight excluding hydrogens is 364 g/mol. The molecule has 2 rings (SSSR count). The monoisotopic (exact) mass is 412 g/mol. The third-order valence-corrected chi connectivity index (χ3v) is 6.72. The van der Waals surface area contributed by atoms with Crippen molar-refractivity contribution in [2.75, 3.05) is 19.8 Å². The molecule has 1 saturated carbocycles. The lowest BCUT2D eigenvalue weighted by Crippen LogP contribution is -2.39. The molecule has 0 spiro atoms. The first kappa shape index (κ1) is 25.1. The zero-order valence-electron chi connectivity index (χ0n) is 19.8. The van der Waals surface area contributed by atoms with Crippen molar-refractivity contribution in [2.45, 2.75) is 129 Å². The number of rotatable bonds is 18. The Morgan fingerprint density at radius 1 is 0.793 bits per heavy atom. The van der Waals surface area contributed by atoms with Crippen molar-refractivity contribution in [1.29, 1.82) is 0 Å². The molecule has 4 heteroatoms. The highest BCUT2D eigenvalue weighted by atomic mass is 16.9. The van der Waals surface area contributed by atoms with Crippen molar-refractivity contribution in [3.05, 3.63) is 0 Å². The quantitative estimate of drug-likeness (QED) is 0.140. The van der Waals surface area contributed by atoms with Gasteiger partial charge in [0.2, 0.25) is 0 Å². The van der Waals surface area contributed by atoms with Crippen LogP contribution in [0, 0.1) is 11.8 Å². The summed E-state index contributed by atoms with van der Waals surface area (Å²) in [5.74, 6) is 1.01. The summed E-state index contributed by atoms with van der Waals surface area (Å²) in [6.45, 7) is 10.2. The van der Waals surface area contributed by atoms with Gasteiger partial charge in [-0.1, -0.05) is 58.3 Å². The van der Waals surface area contributed by atoms with Gasteiger partial charge in [0, 0.05) is 26.2 Å². The van der Waals surface area contributed by atoms with E-state index in [0.717, 1.165) is 24.7 Å². The highest BCUT2D eigenvalue weighted by molar-refractivity contribution is 4.91. The lowest BCUT2D eigenvalue weighted by molar-refractivity contribution is -0.380. The minimum absolute atomic E-state index is 0.618. The highest BCUT2D eigenvalue weighted by Gasteiger charge is 2.43. The van der Waals surface area contributed by atoms with Gasteiger partial charge in [0.25, 0.3) is 5.97 Å². The zero-order chi connectivity index (χ0) is 21.0. The minimum Gasteiger partial charge on any atom is -0.370 e. The van der Waals surface area contributed by atoms with Crippen LogP contribution in [0.1, 0.15) is 111 Å². The van der Waals surface area contributed by atoms with Crippen LogP contribution in [0.25, 0.3) is 0 Å². The molecule has 29 heavy (non-hydrogen) atoms. The average molecular weight is 413 g/mol. The minimum atomic E-state index is -0.828. The molecule has 0 radical (unpaired) electrons. The predicted octanol–water partition coefficient (Wildman–Crippen LogP) is 6.85. The third kappa shape index (κ3) is 9.25. The number of ether oxygens (including phenoxy) is 4. The fourth-order valence-corrected chi connectivity index (χ4v) is 5.24. The SMILES string of the molecule is CCCC(CCCCCC(OCC)(OCC)OCC)CCCC1CCC2OC2C1. The van der Waals surface area contributed by atoms with Crippen LogP contribution in [0.4, 0.5) is 0 Å². The summed E-state index contributed by atoms with van der Waals surface area (Å²) in [6.07, 6.45) is 18.1. The predicted molar refractivity (Wildman–Crippen MR) is 119 cm³/mol. The average Bonchev–Trinajstić information content (AvgIpc) is 3.47. The van der Waals surface area contributed by atoms with Gasteiger partial charge in [0.15, 0.2) is 0 Å². The second kappa shape index (κ2) is 14.0. The van der Waals surface area contributed by atoms with Gasteiger partial charge in [-0.15, -0.1) is 0 Å². The number of unbranched alkanes of at least 4 members (excludes halogenated alkanes) is 2. The molecule has 4 nitrogen and oxygen atoms in total. The van der Waals surface area contributed by atoms with E-state index in [0.29, 0.717) is 32.0 Å². The summed E-state index contributed by atoms with van der Waals surface area (Å²) in [4.78, 5) is 0. The fourth-order valence-electron chi connectivity index (χ4n) is 5.24. The van der Waals surface area contributed by atoms with Gasteiger partial charge < -0.3 is 18.9 Å². The number of epoxide rings is 1. The molecule has 172 valence electrons. The van der Waals surface area contributed by atoms with Crippen molar-refractivity contribution in [3.63, 3.8) is 0 Å². The molecule has 0 amide bonds. The van der Waals surface area contributed by atoms with Crippen LogP contribution in [-0.4, -0.2) is 38.0 Å². The molecule has 4 unspecified atom stereocenters. The molecule has 2 aliphatic rings. The van der Waals surface area contributed by atoms with Gasteiger partial charge in [-0.25, -0.2) is 0 Å². The standard InChI is InChI=1S/C25H48O4/c1-5-13-21(15-12-16-22-17-18-23-24(20-22)29-23)14-10-9-11-19-25(26-6-2,27-7-3)28-8-4/h21-24H,5-20H2,1-4H3. The van der Waals surface area contributed by atoms with Crippen molar-refractivity contribution in [1.82, 2.24) is 0 Å². The summed E-state index contributed by atoms with van der Waals surface area (Å²) in [5, 5.41) is 0. The van der Waals surface area contributed by atoms with E-state index in [2.05, 4.69) is 6.92 Å². The van der Waals surface area contributed by atoms with E-state index >= 15 is 0 Å². The fraction of sp³-hybridized carbons (Fsp3) is 1.00. The Balaban J connectivity index is 1.60. The van der Waals surface area contributed by atoms with Crippen molar-refractivity contribution in [3.8, 4) is 0 Å². The van der Waals surface area contributed by atoms with E-state index in [1.807, 2.05) is 20.8 Å². The Morgan fingerprint density at radius 3 is 2.10 bits per heavy atom. The Kier molecular flexibility index (Phi) is 12.1. The normalized spacial score (nSPS) is 25.0. The number of hydrogen-bond acceptors (Lipinski definition) is 4. The molecule has 0 aromatic rings. The second-order valence-corrected chi connectivity index (χ2v) is 9.06. The first-order valence-corrected chi connectivity index (χ1v) is 12.7. The van der Waals surface area contributed by atoms with Gasteiger partial charge in [0.05, 0.1) is 12.2 Å². The number of hydrogen-bond donors (Lipinski definition) is 0. The molecule has 2 fully saturated rings. The Labute approximate surface area is 180 Å². The van der Waals surface area contributed by atoms with Gasteiger partial charge in [-0.3, -0.25) is 0 Å². The molecule has 1 heterocycles. The summed E-state index contributed by atoms with van der Waals surface area (Å²) < 4.78 is 23.2. The van der Waals surface area contributed by atoms with Gasteiger partial charge >= 0.3 is 0 Å². The molecule has 0 N–H and O–H groups in total. The van der Waals surface area contributed by atoms with Gasteiger partial charge in [0.1, 0.15) is 0 Å². The van der Waals surface area contributed by atoms with E-state index in [-0.39, 0.29) is 0 Å². The maximum atomic E-state index is 5.84. The lowest BCUT2D eigenvalue weighted by atomic mass is 9.83. The number of fused-ring (bicyclic) bond motifs is 1. The van der Waals surface area contributed by atoms with Crippen LogP contribution in [-0.2, 0) is 18.9 Å². The molecular formula is C25H48O4. The zero-order valence-corrected chi connectivity index (χ0v) is 19.8. The molecule has 0 aromatic heterocycles. The molecule has 1 aliphatic carbocycles. The van der Waals surface area contributed by atoms with E-state index in [4.69, 9.17) is 18.9 Å². The second-order valence-electron chi connectivity index (χ2n) is 9.06. The first-order chi connectivity index (χ1) is 14.2. The van der Waals surface area contributed by atoms with E-state index < -0.39 is 5.97 Å². The van der Waals surface area contributed by atoms with E-state index in [9.17, 15) is 0 Å². The molecule has 1 saturated heterocycles. The van der Waals surface area contributed by atoms with Crippen molar-refractivity contribution < 1.29 is 18.9 Å². The molecule has 4 atom stereocenters. The Hall–Kier alpha value is -0.160. The Bertz CT molecular complexity index is 397. The molecule has 1 aliphatic heterocycles. The smallest absolute Gasteiger partial charge is 0.282 e. The van der Waals surface area contributed by atoms with Gasteiger partial charge in [-0.2, -0.15) is 0 Å². The maximum Gasteiger partial charge on any atom is 0.282 e. The van der Waals surface area contributed by atoms with Crippen LogP contribution in [0.3, 0.4) is 0 Å². The van der Waals surface area contributed by atoms with E-state index in [1.165, 1.54) is 70.6 Å². The summed E-state index contributed by atoms with van der Waals surface area (Å²) >= 11 is 0. The van der Waals surface area contributed by atoms with Gasteiger partial charge in [-0.05, 0) is 58.3 Å². The highest BCUT2D eigenvalue weighted by Crippen LogP contribution is 2.41. The summed E-state index contributed by atoms with van der Waals surface area (Å²) in [7, 11) is 0. The van der Waals surface area contributed by atoms with E-state index in [1.54, 1.807) is 0 Å². The van der Waals surface area contributed by atoms with Crippen molar-refractivity contribution in [2.24, 2.45) is 11.8 Å². The van der Waals surface area contributed by atoms with Crippen LogP contribution >= 0.6 is 0 Å². The lowest BCUT2D eigenvalue weighted by Gasteiger charge is -2.32. The Morgan fingerprint density at radius 2 is 1.48 bits per heavy atom. The third-order valence-electron chi connectivity index (χ3n) is 6.72. The summed E-state index contributed by atoms with van der Waals surface area (Å²) in [6, 6.07) is 0. The van der Waals surface area contributed by atoms with Crippen molar-refractivity contribution >= 4 is 0 Å². The van der Waals surface area contributed by atoms with Crippen LogP contribution < -0.4 is 0 Å². The summed E-state index contributed by atoms with van der Waals surface area (Å²) in [5.41, 5.74) is 0. The molecule has 0 bridgehead atoms. The largest absolute Gasteiger partial charge is 0.370 e. The maximum absolute atomic E-state index is 5.84.